The molecule has 0 saturated carbocycles. The molecule has 1 atom stereocenters. The van der Waals surface area contributed by atoms with E-state index in [1.807, 2.05) is 19.1 Å². The van der Waals surface area contributed by atoms with E-state index in [0.29, 0.717) is 12.3 Å². The lowest BCUT2D eigenvalue weighted by Gasteiger charge is -2.21. The van der Waals surface area contributed by atoms with Crippen molar-refractivity contribution in [2.45, 2.75) is 38.7 Å². The van der Waals surface area contributed by atoms with Gasteiger partial charge in [0.25, 0.3) is 0 Å². The van der Waals surface area contributed by atoms with Crippen molar-refractivity contribution >= 4 is 27.4 Å². The van der Waals surface area contributed by atoms with Gasteiger partial charge in [0.05, 0.1) is 11.9 Å². The second-order valence-electron chi connectivity index (χ2n) is 6.30. The number of furan rings is 1. The summed E-state index contributed by atoms with van der Waals surface area (Å²) in [6, 6.07) is 3.67. The zero-order valence-electron chi connectivity index (χ0n) is 13.2. The van der Waals surface area contributed by atoms with Crippen LogP contribution in [0.5, 0.6) is 0 Å². The van der Waals surface area contributed by atoms with E-state index < -0.39 is 5.60 Å². The molecule has 3 aromatic rings. The molecule has 3 aromatic heterocycles. The summed E-state index contributed by atoms with van der Waals surface area (Å²) in [6.45, 7) is 3.95. The van der Waals surface area contributed by atoms with Crippen molar-refractivity contribution < 1.29 is 9.52 Å². The number of thiophene rings is 1. The van der Waals surface area contributed by atoms with E-state index in [0.717, 1.165) is 34.6 Å². The number of hydrogen-bond donors (Lipinski definition) is 2. The molecule has 6 heteroatoms. The Morgan fingerprint density at radius 3 is 3.00 bits per heavy atom. The second-order valence-corrected chi connectivity index (χ2v) is 7.38. The minimum Gasteiger partial charge on any atom is -0.463 e. The van der Waals surface area contributed by atoms with Crippen molar-refractivity contribution in [3.63, 3.8) is 0 Å². The predicted molar refractivity (Wildman–Crippen MR) is 90.9 cm³/mol. The second kappa shape index (κ2) is 5.32. The van der Waals surface area contributed by atoms with Gasteiger partial charge in [-0.3, -0.25) is 0 Å². The fourth-order valence-corrected chi connectivity index (χ4v) is 4.36. The molecule has 3 heterocycles. The van der Waals surface area contributed by atoms with E-state index in [1.165, 1.54) is 16.9 Å². The molecule has 0 bridgehead atoms. The van der Waals surface area contributed by atoms with Crippen molar-refractivity contribution in [2.75, 3.05) is 11.9 Å². The lowest BCUT2D eigenvalue weighted by atomic mass is 10.0. The van der Waals surface area contributed by atoms with E-state index in [9.17, 15) is 5.11 Å². The number of hydrogen-bond acceptors (Lipinski definition) is 6. The molecular formula is C17H19N3O2S. The van der Waals surface area contributed by atoms with E-state index in [4.69, 9.17) is 4.42 Å². The van der Waals surface area contributed by atoms with Crippen LogP contribution in [0.4, 0.5) is 5.82 Å². The molecule has 0 saturated heterocycles. The third-order valence-electron chi connectivity index (χ3n) is 4.37. The van der Waals surface area contributed by atoms with Gasteiger partial charge in [-0.25, -0.2) is 9.97 Å². The van der Waals surface area contributed by atoms with Gasteiger partial charge in [-0.2, -0.15) is 0 Å². The van der Waals surface area contributed by atoms with E-state index in [2.05, 4.69) is 15.3 Å². The zero-order chi connectivity index (χ0) is 16.0. The Labute approximate surface area is 138 Å². The molecule has 1 aliphatic carbocycles. The molecule has 1 unspecified atom stereocenters. The molecule has 120 valence electrons. The van der Waals surface area contributed by atoms with Gasteiger partial charge in [0.2, 0.25) is 0 Å². The fourth-order valence-electron chi connectivity index (χ4n) is 3.13. The molecule has 2 N–H and O–H groups in total. The molecule has 23 heavy (non-hydrogen) atoms. The van der Waals surface area contributed by atoms with Crippen LogP contribution in [-0.2, 0) is 18.4 Å². The van der Waals surface area contributed by atoms with Gasteiger partial charge >= 0.3 is 0 Å². The zero-order valence-corrected chi connectivity index (χ0v) is 14.0. The Morgan fingerprint density at radius 1 is 1.35 bits per heavy atom. The van der Waals surface area contributed by atoms with Crippen molar-refractivity contribution in [3.8, 4) is 0 Å². The summed E-state index contributed by atoms with van der Waals surface area (Å²) in [6.07, 6.45) is 5.02. The largest absolute Gasteiger partial charge is 0.463 e. The number of nitrogens with zero attached hydrogens (tertiary/aromatic N) is 2. The van der Waals surface area contributed by atoms with E-state index in [1.54, 1.807) is 24.6 Å². The molecule has 0 spiro atoms. The smallest absolute Gasteiger partial charge is 0.138 e. The van der Waals surface area contributed by atoms with Crippen molar-refractivity contribution in [2.24, 2.45) is 0 Å². The average molecular weight is 329 g/mol. The lowest BCUT2D eigenvalue weighted by molar-refractivity contribution is 0.0467. The number of aromatic nitrogens is 2. The third-order valence-corrected chi connectivity index (χ3v) is 5.57. The molecule has 4 rings (SSSR count). The van der Waals surface area contributed by atoms with Gasteiger partial charge in [-0.1, -0.05) is 0 Å². The van der Waals surface area contributed by atoms with Crippen LogP contribution in [0, 0.1) is 6.92 Å². The number of fused-ring (bicyclic) bond motifs is 3. The SMILES string of the molecule is Cc1ccc(C(C)(O)CNc2ncnc3sc4c(c23)CCC4)o1. The van der Waals surface area contributed by atoms with Gasteiger partial charge in [0, 0.05) is 4.88 Å². The van der Waals surface area contributed by atoms with Gasteiger partial charge in [0.15, 0.2) is 0 Å². The van der Waals surface area contributed by atoms with Crippen LogP contribution in [0.1, 0.15) is 35.3 Å². The monoisotopic (exact) mass is 329 g/mol. The summed E-state index contributed by atoms with van der Waals surface area (Å²) in [7, 11) is 0. The average Bonchev–Trinajstić information content (AvgIpc) is 3.20. The topological polar surface area (TPSA) is 71.2 Å². The number of anilines is 1. The van der Waals surface area contributed by atoms with Crippen molar-refractivity contribution in [1.29, 1.82) is 0 Å². The standard InChI is InChI=1S/C17H19N3O2S/c1-10-6-7-13(22-10)17(2,21)8-18-15-14-11-4-3-5-12(11)23-16(14)20-9-19-15/h6-7,9,21H,3-5,8H2,1-2H3,(H,18,19,20). The quantitative estimate of drug-likeness (QED) is 0.767. The molecule has 0 aliphatic heterocycles. The van der Waals surface area contributed by atoms with Gasteiger partial charge in [-0.15, -0.1) is 11.3 Å². The van der Waals surface area contributed by atoms with Crippen LogP contribution in [-0.4, -0.2) is 21.6 Å². The highest BCUT2D eigenvalue weighted by molar-refractivity contribution is 7.19. The molecule has 0 aromatic carbocycles. The number of aliphatic hydroxyl groups is 1. The Kier molecular flexibility index (Phi) is 3.39. The first-order chi connectivity index (χ1) is 11.0. The van der Waals surface area contributed by atoms with Crippen LogP contribution >= 0.6 is 11.3 Å². The highest BCUT2D eigenvalue weighted by atomic mass is 32.1. The van der Waals surface area contributed by atoms with Crippen LogP contribution in [0.25, 0.3) is 10.2 Å². The molecule has 0 radical (unpaired) electrons. The Hall–Kier alpha value is -1.92. The normalized spacial score (nSPS) is 16.5. The number of rotatable bonds is 4. The fraction of sp³-hybridized carbons (Fsp3) is 0.412. The Morgan fingerprint density at radius 2 is 2.22 bits per heavy atom. The maximum absolute atomic E-state index is 10.7. The van der Waals surface area contributed by atoms with Crippen LogP contribution in [0.3, 0.4) is 0 Å². The summed E-state index contributed by atoms with van der Waals surface area (Å²) in [5.41, 5.74) is 0.284. The van der Waals surface area contributed by atoms with E-state index in [-0.39, 0.29) is 0 Å². The van der Waals surface area contributed by atoms with Gasteiger partial charge in [-0.05, 0) is 50.8 Å². The molecular weight excluding hydrogens is 310 g/mol. The molecule has 5 nitrogen and oxygen atoms in total. The molecule has 1 aliphatic rings. The summed E-state index contributed by atoms with van der Waals surface area (Å²) in [4.78, 5) is 11.3. The highest BCUT2D eigenvalue weighted by Gasteiger charge is 2.28. The summed E-state index contributed by atoms with van der Waals surface area (Å²) in [5, 5.41) is 15.1. The van der Waals surface area contributed by atoms with Crippen molar-refractivity contribution in [3.05, 3.63) is 40.4 Å². The van der Waals surface area contributed by atoms with Crippen LogP contribution < -0.4 is 5.32 Å². The van der Waals surface area contributed by atoms with Crippen molar-refractivity contribution in [1.82, 2.24) is 9.97 Å². The van der Waals surface area contributed by atoms with E-state index >= 15 is 0 Å². The minimum absolute atomic E-state index is 0.330. The van der Waals surface area contributed by atoms with Gasteiger partial charge in [0.1, 0.15) is 34.1 Å². The minimum atomic E-state index is -1.09. The first kappa shape index (κ1) is 14.7. The third kappa shape index (κ3) is 2.52. The molecule has 0 fully saturated rings. The van der Waals surface area contributed by atoms with Gasteiger partial charge < -0.3 is 14.8 Å². The maximum atomic E-state index is 10.7. The Bertz CT molecular complexity index is 866. The first-order valence-corrected chi connectivity index (χ1v) is 8.65. The highest BCUT2D eigenvalue weighted by Crippen LogP contribution is 2.39. The first-order valence-electron chi connectivity index (χ1n) is 7.83. The Balaban J connectivity index is 1.63. The summed E-state index contributed by atoms with van der Waals surface area (Å²) >= 11 is 1.76. The molecule has 0 amide bonds. The van der Waals surface area contributed by atoms with Crippen LogP contribution in [0.2, 0.25) is 0 Å². The number of aryl methyl sites for hydroxylation is 3. The maximum Gasteiger partial charge on any atom is 0.138 e. The van der Waals surface area contributed by atoms with Crippen LogP contribution in [0.15, 0.2) is 22.9 Å². The summed E-state index contributed by atoms with van der Waals surface area (Å²) in [5.74, 6) is 2.15. The predicted octanol–water partition coefficient (Wildman–Crippen LogP) is 3.40. The lowest BCUT2D eigenvalue weighted by Crippen LogP contribution is -2.30. The number of nitrogens with one attached hydrogen (secondary N) is 1. The summed E-state index contributed by atoms with van der Waals surface area (Å²) < 4.78 is 5.56.